The van der Waals surface area contributed by atoms with Crippen LogP contribution in [0.1, 0.15) is 38.2 Å². The highest BCUT2D eigenvalue weighted by Crippen LogP contribution is 2.38. The lowest BCUT2D eigenvalue weighted by Crippen LogP contribution is -2.42. The van der Waals surface area contributed by atoms with Crippen LogP contribution in [0.3, 0.4) is 0 Å². The molecule has 1 saturated carbocycles. The van der Waals surface area contributed by atoms with E-state index in [0.29, 0.717) is 19.4 Å². The van der Waals surface area contributed by atoms with Gasteiger partial charge in [-0.25, -0.2) is 4.98 Å². The van der Waals surface area contributed by atoms with Crippen LogP contribution < -0.4 is 10.6 Å². The Morgan fingerprint density at radius 2 is 2.00 bits per heavy atom. The number of hydrogen-bond acceptors (Lipinski definition) is 4. The molecule has 2 aromatic rings. The Labute approximate surface area is 165 Å². The fraction of sp³-hybridized carbons (Fsp3) is 0.476. The quantitative estimate of drug-likeness (QED) is 0.656. The Balaban J connectivity index is 1.75. The van der Waals surface area contributed by atoms with Gasteiger partial charge in [-0.15, -0.1) is 0 Å². The summed E-state index contributed by atoms with van der Waals surface area (Å²) in [5.74, 6) is -0.207. The summed E-state index contributed by atoms with van der Waals surface area (Å²) in [5, 5.41) is 16.5. The van der Waals surface area contributed by atoms with E-state index in [2.05, 4.69) is 27.8 Å². The molecule has 1 aromatic heterocycles. The number of aliphatic hydroxyl groups is 1. The second-order valence-corrected chi connectivity index (χ2v) is 7.61. The topological polar surface area (TPSA) is 96.3 Å². The van der Waals surface area contributed by atoms with Crippen molar-refractivity contribution in [1.29, 1.82) is 0 Å². The Bertz CT molecular complexity index is 778. The minimum absolute atomic E-state index is 0.0727. The SMILES string of the molecule is CC(=O)N[C@H]1CC[C@](CNC(=O)Cn2ccnc2)(c2ccccc2)CC[C@@H]1O. The summed E-state index contributed by atoms with van der Waals surface area (Å²) in [5.41, 5.74) is 0.869. The third kappa shape index (κ3) is 4.98. The lowest BCUT2D eigenvalue weighted by molar-refractivity contribution is -0.122. The van der Waals surface area contributed by atoms with Crippen LogP contribution in [0, 0.1) is 0 Å². The van der Waals surface area contributed by atoms with E-state index in [4.69, 9.17) is 0 Å². The molecule has 7 heteroatoms. The van der Waals surface area contributed by atoms with Crippen LogP contribution >= 0.6 is 0 Å². The maximum atomic E-state index is 12.4. The molecule has 0 unspecified atom stereocenters. The highest BCUT2D eigenvalue weighted by Gasteiger charge is 2.38. The van der Waals surface area contributed by atoms with Gasteiger partial charge in [-0.3, -0.25) is 9.59 Å². The van der Waals surface area contributed by atoms with Crippen molar-refractivity contribution in [2.75, 3.05) is 6.54 Å². The third-order valence-electron chi connectivity index (χ3n) is 5.60. The van der Waals surface area contributed by atoms with Gasteiger partial charge < -0.3 is 20.3 Å². The lowest BCUT2D eigenvalue weighted by Gasteiger charge is -2.34. The van der Waals surface area contributed by atoms with E-state index in [1.165, 1.54) is 6.92 Å². The number of carbonyl (C=O) groups excluding carboxylic acids is 2. The summed E-state index contributed by atoms with van der Waals surface area (Å²) < 4.78 is 1.73. The lowest BCUT2D eigenvalue weighted by atomic mass is 9.74. The number of hydrogen-bond donors (Lipinski definition) is 3. The number of benzene rings is 1. The van der Waals surface area contributed by atoms with Gasteiger partial charge in [0.1, 0.15) is 6.54 Å². The molecule has 1 aromatic carbocycles. The molecular formula is C21H28N4O3. The van der Waals surface area contributed by atoms with Crippen molar-refractivity contribution >= 4 is 11.8 Å². The predicted octanol–water partition coefficient (Wildman–Crippen LogP) is 1.38. The zero-order chi connectivity index (χ0) is 20.0. The number of nitrogens with one attached hydrogen (secondary N) is 2. The van der Waals surface area contributed by atoms with Gasteiger partial charge in [0.05, 0.1) is 18.5 Å². The summed E-state index contributed by atoms with van der Waals surface area (Å²) in [4.78, 5) is 27.9. The van der Waals surface area contributed by atoms with Crippen molar-refractivity contribution < 1.29 is 14.7 Å². The standard InChI is InChI=1S/C21H28N4O3/c1-16(26)24-18-7-9-21(10-8-19(18)27,17-5-3-2-4-6-17)14-23-20(28)13-25-12-11-22-15-25/h2-6,11-12,15,18-19,27H,7-10,13-14H2,1H3,(H,23,28)(H,24,26)/t18-,19-,21-/m0/s1. The highest BCUT2D eigenvalue weighted by molar-refractivity contribution is 5.75. The fourth-order valence-corrected chi connectivity index (χ4v) is 4.03. The maximum absolute atomic E-state index is 12.4. The normalized spacial score (nSPS) is 24.9. The van der Waals surface area contributed by atoms with Gasteiger partial charge >= 0.3 is 0 Å². The predicted molar refractivity (Wildman–Crippen MR) is 105 cm³/mol. The molecular weight excluding hydrogens is 356 g/mol. The van der Waals surface area contributed by atoms with Crippen molar-refractivity contribution in [3.63, 3.8) is 0 Å². The molecule has 28 heavy (non-hydrogen) atoms. The number of aromatic nitrogens is 2. The largest absolute Gasteiger partial charge is 0.391 e. The minimum Gasteiger partial charge on any atom is -0.391 e. The monoisotopic (exact) mass is 384 g/mol. The molecule has 1 fully saturated rings. The van der Waals surface area contributed by atoms with Crippen LogP contribution in [0.5, 0.6) is 0 Å². The molecule has 150 valence electrons. The van der Waals surface area contributed by atoms with Gasteiger partial charge in [-0.05, 0) is 31.2 Å². The van der Waals surface area contributed by atoms with Crippen LogP contribution in [0.2, 0.25) is 0 Å². The number of imidazole rings is 1. The molecule has 0 spiro atoms. The van der Waals surface area contributed by atoms with Gasteiger partial charge in [0.15, 0.2) is 0 Å². The second-order valence-electron chi connectivity index (χ2n) is 7.61. The van der Waals surface area contributed by atoms with Crippen LogP contribution in [0.25, 0.3) is 0 Å². The van der Waals surface area contributed by atoms with Crippen LogP contribution in [0.15, 0.2) is 49.1 Å². The average Bonchev–Trinajstić information content (AvgIpc) is 3.14. The van der Waals surface area contributed by atoms with E-state index in [0.717, 1.165) is 18.4 Å². The number of amides is 2. The summed E-state index contributed by atoms with van der Waals surface area (Å²) in [6, 6.07) is 9.86. The van der Waals surface area contributed by atoms with Crippen molar-refractivity contribution in [2.24, 2.45) is 0 Å². The fourth-order valence-electron chi connectivity index (χ4n) is 4.03. The van der Waals surface area contributed by atoms with E-state index in [1.807, 2.05) is 18.2 Å². The van der Waals surface area contributed by atoms with E-state index >= 15 is 0 Å². The zero-order valence-corrected chi connectivity index (χ0v) is 16.2. The van der Waals surface area contributed by atoms with E-state index < -0.39 is 6.10 Å². The van der Waals surface area contributed by atoms with Gasteiger partial charge in [0, 0.05) is 31.3 Å². The molecule has 1 aliphatic carbocycles. The molecule has 7 nitrogen and oxygen atoms in total. The molecule has 2 amide bonds. The Morgan fingerprint density at radius 3 is 2.68 bits per heavy atom. The van der Waals surface area contributed by atoms with Gasteiger partial charge in [-0.2, -0.15) is 0 Å². The van der Waals surface area contributed by atoms with E-state index in [1.54, 1.807) is 23.3 Å². The number of aliphatic hydroxyl groups excluding tert-OH is 1. The van der Waals surface area contributed by atoms with Crippen LogP contribution in [-0.2, 0) is 21.5 Å². The average molecular weight is 384 g/mol. The molecule has 3 rings (SSSR count). The van der Waals surface area contributed by atoms with E-state index in [9.17, 15) is 14.7 Å². The summed E-state index contributed by atoms with van der Waals surface area (Å²) >= 11 is 0. The first-order chi connectivity index (χ1) is 13.5. The molecule has 0 aliphatic heterocycles. The van der Waals surface area contributed by atoms with Crippen molar-refractivity contribution in [3.8, 4) is 0 Å². The number of rotatable bonds is 6. The summed E-state index contributed by atoms with van der Waals surface area (Å²) in [6.45, 7) is 2.18. The molecule has 3 N–H and O–H groups in total. The first-order valence-corrected chi connectivity index (χ1v) is 9.72. The summed E-state index contributed by atoms with van der Waals surface area (Å²) in [6.07, 6.45) is 7.16. The third-order valence-corrected chi connectivity index (χ3v) is 5.60. The van der Waals surface area contributed by atoms with E-state index in [-0.39, 0.29) is 29.8 Å². The van der Waals surface area contributed by atoms with Crippen LogP contribution in [-0.4, -0.2) is 45.2 Å². The first-order valence-electron chi connectivity index (χ1n) is 9.72. The Kier molecular flexibility index (Phi) is 6.46. The maximum Gasteiger partial charge on any atom is 0.240 e. The van der Waals surface area contributed by atoms with Gasteiger partial charge in [0.25, 0.3) is 0 Å². The van der Waals surface area contributed by atoms with Gasteiger partial charge in [0.2, 0.25) is 11.8 Å². The smallest absolute Gasteiger partial charge is 0.240 e. The van der Waals surface area contributed by atoms with Crippen molar-refractivity contribution in [1.82, 2.24) is 20.2 Å². The highest BCUT2D eigenvalue weighted by atomic mass is 16.3. The van der Waals surface area contributed by atoms with Crippen molar-refractivity contribution in [2.45, 2.75) is 56.7 Å². The van der Waals surface area contributed by atoms with Gasteiger partial charge in [-0.1, -0.05) is 30.3 Å². The second kappa shape index (κ2) is 9.01. The van der Waals surface area contributed by atoms with Crippen LogP contribution in [0.4, 0.5) is 0 Å². The summed E-state index contributed by atoms with van der Waals surface area (Å²) in [7, 11) is 0. The first kappa shape index (κ1) is 20.1. The molecule has 1 heterocycles. The number of carbonyl (C=O) groups is 2. The molecule has 0 radical (unpaired) electrons. The van der Waals surface area contributed by atoms with Crippen molar-refractivity contribution in [3.05, 3.63) is 54.6 Å². The Hall–Kier alpha value is -2.67. The molecule has 3 atom stereocenters. The molecule has 0 bridgehead atoms. The zero-order valence-electron chi connectivity index (χ0n) is 16.2. The molecule has 1 aliphatic rings. The Morgan fingerprint density at radius 1 is 1.25 bits per heavy atom. The minimum atomic E-state index is -0.587. The number of nitrogens with zero attached hydrogens (tertiary/aromatic N) is 2. The molecule has 0 saturated heterocycles.